The second-order valence-corrected chi connectivity index (χ2v) is 5.70. The van der Waals surface area contributed by atoms with Crippen LogP contribution in [0.15, 0.2) is 50.1 Å². The third-order valence-corrected chi connectivity index (χ3v) is 4.05. The first-order valence-corrected chi connectivity index (χ1v) is 7.05. The van der Waals surface area contributed by atoms with E-state index in [4.69, 9.17) is 21.8 Å². The summed E-state index contributed by atoms with van der Waals surface area (Å²) in [5.41, 5.74) is 9.11. The third kappa shape index (κ3) is 2.40. The molecule has 2 aromatic carbocycles. The SMILES string of the molecule is NC(c1ccc2[nH]c(=O)oc2c1)c1cc(Cl)ccc1Br. The zero-order valence-corrected chi connectivity index (χ0v) is 12.5. The lowest BCUT2D eigenvalue weighted by Gasteiger charge is -2.14. The average Bonchev–Trinajstić information content (AvgIpc) is 2.79. The molecule has 0 saturated carbocycles. The van der Waals surface area contributed by atoms with Crippen LogP contribution in [0.4, 0.5) is 0 Å². The van der Waals surface area contributed by atoms with Gasteiger partial charge in [0.15, 0.2) is 5.58 Å². The molecule has 20 heavy (non-hydrogen) atoms. The molecule has 0 aliphatic carbocycles. The number of hydrogen-bond donors (Lipinski definition) is 2. The molecule has 1 aromatic heterocycles. The van der Waals surface area contributed by atoms with Gasteiger partial charge in [0.25, 0.3) is 0 Å². The Morgan fingerprint density at radius 3 is 2.85 bits per heavy atom. The maximum Gasteiger partial charge on any atom is 0.417 e. The number of H-pyrrole nitrogens is 1. The number of benzene rings is 2. The third-order valence-electron chi connectivity index (χ3n) is 3.10. The monoisotopic (exact) mass is 352 g/mol. The van der Waals surface area contributed by atoms with Crippen molar-refractivity contribution in [3.05, 3.63) is 67.6 Å². The zero-order valence-electron chi connectivity index (χ0n) is 10.2. The topological polar surface area (TPSA) is 72.0 Å². The summed E-state index contributed by atoms with van der Waals surface area (Å²) in [4.78, 5) is 13.8. The molecule has 3 rings (SSSR count). The second-order valence-electron chi connectivity index (χ2n) is 4.41. The van der Waals surface area contributed by atoms with Gasteiger partial charge >= 0.3 is 5.76 Å². The van der Waals surface area contributed by atoms with E-state index < -0.39 is 5.76 Å². The summed E-state index contributed by atoms with van der Waals surface area (Å²) in [6, 6.07) is 10.5. The van der Waals surface area contributed by atoms with E-state index in [2.05, 4.69) is 20.9 Å². The number of aromatic nitrogens is 1. The lowest BCUT2D eigenvalue weighted by atomic mass is 9.99. The van der Waals surface area contributed by atoms with E-state index in [1.165, 1.54) is 0 Å². The summed E-state index contributed by atoms with van der Waals surface area (Å²) in [7, 11) is 0. The molecule has 4 nitrogen and oxygen atoms in total. The highest BCUT2D eigenvalue weighted by Crippen LogP contribution is 2.30. The summed E-state index contributed by atoms with van der Waals surface area (Å²) in [5, 5.41) is 0.618. The normalized spacial score (nSPS) is 12.8. The summed E-state index contributed by atoms with van der Waals surface area (Å²) < 4.78 is 5.92. The number of nitrogens with two attached hydrogens (primary N) is 1. The van der Waals surface area contributed by atoms with E-state index in [0.717, 1.165) is 15.6 Å². The van der Waals surface area contributed by atoms with Crippen molar-refractivity contribution in [1.82, 2.24) is 4.98 Å². The minimum Gasteiger partial charge on any atom is -0.408 e. The number of fused-ring (bicyclic) bond motifs is 1. The van der Waals surface area contributed by atoms with Gasteiger partial charge in [-0.1, -0.05) is 33.6 Å². The minimum absolute atomic E-state index is 0.368. The van der Waals surface area contributed by atoms with Gasteiger partial charge in [0.2, 0.25) is 0 Å². The quantitative estimate of drug-likeness (QED) is 0.739. The van der Waals surface area contributed by atoms with Crippen LogP contribution in [-0.4, -0.2) is 4.98 Å². The van der Waals surface area contributed by atoms with Crippen molar-refractivity contribution in [1.29, 1.82) is 0 Å². The zero-order chi connectivity index (χ0) is 14.3. The fourth-order valence-corrected chi connectivity index (χ4v) is 2.76. The Bertz CT molecular complexity index is 841. The fourth-order valence-electron chi connectivity index (χ4n) is 2.09. The van der Waals surface area contributed by atoms with Gasteiger partial charge in [-0.15, -0.1) is 0 Å². The van der Waals surface area contributed by atoms with Gasteiger partial charge in [0, 0.05) is 9.50 Å². The van der Waals surface area contributed by atoms with Crippen molar-refractivity contribution < 1.29 is 4.42 Å². The maximum atomic E-state index is 11.2. The van der Waals surface area contributed by atoms with E-state index in [0.29, 0.717) is 16.1 Å². The van der Waals surface area contributed by atoms with Gasteiger partial charge in [0.1, 0.15) is 0 Å². The minimum atomic E-state index is -0.477. The van der Waals surface area contributed by atoms with Crippen molar-refractivity contribution in [3.63, 3.8) is 0 Å². The molecular weight excluding hydrogens is 344 g/mol. The largest absolute Gasteiger partial charge is 0.417 e. The highest BCUT2D eigenvalue weighted by Gasteiger charge is 2.14. The van der Waals surface area contributed by atoms with Crippen LogP contribution in [0.1, 0.15) is 17.2 Å². The molecule has 3 aromatic rings. The van der Waals surface area contributed by atoms with Crippen LogP contribution >= 0.6 is 27.5 Å². The molecule has 1 heterocycles. The van der Waals surface area contributed by atoms with Crippen LogP contribution in [0.2, 0.25) is 5.02 Å². The molecule has 0 aliphatic heterocycles. The highest BCUT2D eigenvalue weighted by molar-refractivity contribution is 9.10. The molecule has 1 atom stereocenters. The van der Waals surface area contributed by atoms with Gasteiger partial charge in [-0.05, 0) is 41.5 Å². The van der Waals surface area contributed by atoms with Crippen LogP contribution in [0.5, 0.6) is 0 Å². The molecular formula is C14H10BrClN2O2. The molecule has 3 N–H and O–H groups in total. The Balaban J connectivity index is 2.09. The van der Waals surface area contributed by atoms with E-state index in [9.17, 15) is 4.79 Å². The lowest BCUT2D eigenvalue weighted by molar-refractivity contribution is 0.555. The van der Waals surface area contributed by atoms with Crippen molar-refractivity contribution >= 4 is 38.6 Å². The molecule has 0 amide bonds. The Hall–Kier alpha value is -1.56. The number of oxazole rings is 1. The van der Waals surface area contributed by atoms with Crippen molar-refractivity contribution in [2.24, 2.45) is 5.73 Å². The van der Waals surface area contributed by atoms with Crippen molar-refractivity contribution in [3.8, 4) is 0 Å². The smallest absolute Gasteiger partial charge is 0.408 e. The Kier molecular flexibility index (Phi) is 3.41. The Morgan fingerprint density at radius 1 is 1.25 bits per heavy atom. The molecule has 1 unspecified atom stereocenters. The summed E-state index contributed by atoms with van der Waals surface area (Å²) in [6.45, 7) is 0. The van der Waals surface area contributed by atoms with E-state index >= 15 is 0 Å². The number of aromatic amines is 1. The van der Waals surface area contributed by atoms with Crippen LogP contribution in [0.3, 0.4) is 0 Å². The molecule has 102 valence electrons. The molecule has 0 spiro atoms. The van der Waals surface area contributed by atoms with Gasteiger partial charge in [-0.25, -0.2) is 4.79 Å². The van der Waals surface area contributed by atoms with Crippen molar-refractivity contribution in [2.45, 2.75) is 6.04 Å². The summed E-state index contributed by atoms with van der Waals surface area (Å²) >= 11 is 9.47. The van der Waals surface area contributed by atoms with E-state index in [-0.39, 0.29) is 6.04 Å². The molecule has 0 bridgehead atoms. The van der Waals surface area contributed by atoms with Crippen LogP contribution < -0.4 is 11.5 Å². The molecule has 0 fully saturated rings. The van der Waals surface area contributed by atoms with Gasteiger partial charge in [-0.3, -0.25) is 4.98 Å². The lowest BCUT2D eigenvalue weighted by Crippen LogP contribution is -2.12. The van der Waals surface area contributed by atoms with E-state index in [1.807, 2.05) is 18.2 Å². The highest BCUT2D eigenvalue weighted by atomic mass is 79.9. The Morgan fingerprint density at radius 2 is 2.05 bits per heavy atom. The number of rotatable bonds is 2. The second kappa shape index (κ2) is 5.09. The summed E-state index contributed by atoms with van der Waals surface area (Å²) in [6.07, 6.45) is 0. The van der Waals surface area contributed by atoms with E-state index in [1.54, 1.807) is 18.2 Å². The number of nitrogens with one attached hydrogen (secondary N) is 1. The van der Waals surface area contributed by atoms with Crippen LogP contribution in [0, 0.1) is 0 Å². The van der Waals surface area contributed by atoms with Gasteiger partial charge < -0.3 is 10.2 Å². The molecule has 6 heteroatoms. The first-order chi connectivity index (χ1) is 9.54. The average molecular weight is 354 g/mol. The molecule has 0 radical (unpaired) electrons. The number of hydrogen-bond acceptors (Lipinski definition) is 3. The number of halogens is 2. The fraction of sp³-hybridized carbons (Fsp3) is 0.0714. The van der Waals surface area contributed by atoms with Gasteiger partial charge in [-0.2, -0.15) is 0 Å². The van der Waals surface area contributed by atoms with Crippen molar-refractivity contribution in [2.75, 3.05) is 0 Å². The predicted molar refractivity (Wildman–Crippen MR) is 82.0 cm³/mol. The van der Waals surface area contributed by atoms with Gasteiger partial charge in [0.05, 0.1) is 11.6 Å². The Labute approximate surface area is 127 Å². The molecule has 0 aliphatic rings. The first kappa shape index (κ1) is 13.4. The first-order valence-electron chi connectivity index (χ1n) is 5.88. The standard InChI is InChI=1S/C14H10BrClN2O2/c15-10-3-2-8(16)6-9(10)13(17)7-1-4-11-12(5-7)20-14(19)18-11/h1-6,13H,17H2,(H,18,19). The molecule has 0 saturated heterocycles. The predicted octanol–water partition coefficient (Wildman–Crippen LogP) is 3.59. The summed E-state index contributed by atoms with van der Waals surface area (Å²) in [5.74, 6) is -0.477. The van der Waals surface area contributed by atoms with Crippen LogP contribution in [-0.2, 0) is 0 Å². The maximum absolute atomic E-state index is 11.2. The van der Waals surface area contributed by atoms with Crippen LogP contribution in [0.25, 0.3) is 11.1 Å².